The van der Waals surface area contributed by atoms with Gasteiger partial charge in [-0.2, -0.15) is 0 Å². The zero-order valence-corrected chi connectivity index (χ0v) is 9.80. The van der Waals surface area contributed by atoms with Crippen LogP contribution in [0.1, 0.15) is 71.1 Å². The Kier molecular flexibility index (Phi) is 3.89. The Labute approximate surface area is 89.5 Å². The summed E-state index contributed by atoms with van der Waals surface area (Å²) in [5.41, 5.74) is 0. The molecule has 1 unspecified atom stereocenters. The highest BCUT2D eigenvalue weighted by atomic mass is 14.3. The molecule has 0 aromatic heterocycles. The van der Waals surface area contributed by atoms with Gasteiger partial charge in [0.05, 0.1) is 0 Å². The molecule has 0 radical (unpaired) electrons. The predicted octanol–water partition coefficient (Wildman–Crippen LogP) is 4.78. The topological polar surface area (TPSA) is 0 Å². The molecule has 0 aliphatic heterocycles. The van der Waals surface area contributed by atoms with Gasteiger partial charge in [-0.05, 0) is 30.6 Å². The van der Waals surface area contributed by atoms with E-state index in [1.165, 1.54) is 25.7 Å². The third kappa shape index (κ3) is 2.74. The molecule has 0 nitrogen and oxygen atoms in total. The van der Waals surface area contributed by atoms with Gasteiger partial charge in [-0.3, -0.25) is 0 Å². The molecule has 0 saturated heterocycles. The van der Waals surface area contributed by atoms with Crippen molar-refractivity contribution in [1.82, 2.24) is 0 Å². The lowest BCUT2D eigenvalue weighted by Gasteiger charge is -2.30. The Morgan fingerprint density at radius 3 is 1.71 bits per heavy atom. The second-order valence-corrected chi connectivity index (χ2v) is 5.69. The van der Waals surface area contributed by atoms with Crippen LogP contribution >= 0.6 is 0 Å². The number of rotatable bonds is 5. The first-order valence-corrected chi connectivity index (χ1v) is 6.88. The van der Waals surface area contributed by atoms with Crippen molar-refractivity contribution >= 4 is 0 Å². The zero-order valence-electron chi connectivity index (χ0n) is 9.80. The second kappa shape index (κ2) is 5.19. The molecule has 2 rings (SSSR count). The van der Waals surface area contributed by atoms with Gasteiger partial charge in [-0.25, -0.2) is 0 Å². The van der Waals surface area contributed by atoms with E-state index in [2.05, 4.69) is 6.92 Å². The van der Waals surface area contributed by atoms with Crippen molar-refractivity contribution < 1.29 is 0 Å². The Hall–Kier alpha value is 0. The van der Waals surface area contributed by atoms with E-state index < -0.39 is 0 Å². The maximum absolute atomic E-state index is 2.40. The Morgan fingerprint density at radius 2 is 1.36 bits per heavy atom. The van der Waals surface area contributed by atoms with Crippen LogP contribution in [0, 0.1) is 17.8 Å². The van der Waals surface area contributed by atoms with Crippen LogP contribution in [0.25, 0.3) is 0 Å². The van der Waals surface area contributed by atoms with Crippen LogP contribution in [0.15, 0.2) is 0 Å². The van der Waals surface area contributed by atoms with Gasteiger partial charge in [-0.15, -0.1) is 0 Å². The van der Waals surface area contributed by atoms with Crippen molar-refractivity contribution in [2.75, 3.05) is 0 Å². The minimum Gasteiger partial charge on any atom is -0.0651 e. The molecule has 0 heteroatoms. The Morgan fingerprint density at radius 1 is 0.857 bits per heavy atom. The summed E-state index contributed by atoms with van der Waals surface area (Å²) in [6.45, 7) is 2.40. The maximum atomic E-state index is 2.40. The summed E-state index contributed by atoms with van der Waals surface area (Å²) in [7, 11) is 0. The highest BCUT2D eigenvalue weighted by molar-refractivity contribution is 4.76. The van der Waals surface area contributed by atoms with Gasteiger partial charge in [0.15, 0.2) is 0 Å². The first-order chi connectivity index (χ1) is 6.88. The van der Waals surface area contributed by atoms with E-state index in [9.17, 15) is 0 Å². The van der Waals surface area contributed by atoms with E-state index in [1.807, 2.05) is 0 Å². The zero-order chi connectivity index (χ0) is 9.80. The molecule has 0 N–H and O–H groups in total. The molecule has 0 spiro atoms. The minimum absolute atomic E-state index is 1.07. The molecule has 14 heavy (non-hydrogen) atoms. The van der Waals surface area contributed by atoms with Gasteiger partial charge < -0.3 is 0 Å². The van der Waals surface area contributed by atoms with Crippen molar-refractivity contribution in [3.05, 3.63) is 0 Å². The summed E-state index contributed by atoms with van der Waals surface area (Å²) in [4.78, 5) is 0. The van der Waals surface area contributed by atoms with Gasteiger partial charge in [0.25, 0.3) is 0 Å². The lowest BCUT2D eigenvalue weighted by atomic mass is 9.76. The normalized spacial score (nSPS) is 26.4. The first-order valence-electron chi connectivity index (χ1n) is 6.88. The SMILES string of the molecule is CCC(CC1CCCC1)CC1CCC1. The lowest BCUT2D eigenvalue weighted by Crippen LogP contribution is -2.17. The fourth-order valence-electron chi connectivity index (χ4n) is 3.35. The molecule has 82 valence electrons. The molecule has 0 aromatic carbocycles. The molecule has 2 aliphatic rings. The van der Waals surface area contributed by atoms with E-state index in [-0.39, 0.29) is 0 Å². The van der Waals surface area contributed by atoms with E-state index in [0.717, 1.165) is 17.8 Å². The van der Waals surface area contributed by atoms with Crippen LogP contribution in [0.5, 0.6) is 0 Å². The smallest absolute Gasteiger partial charge is 0.0412 e. The predicted molar refractivity (Wildman–Crippen MR) is 62.3 cm³/mol. The third-order valence-electron chi connectivity index (χ3n) is 4.61. The van der Waals surface area contributed by atoms with E-state index >= 15 is 0 Å². The van der Waals surface area contributed by atoms with Crippen molar-refractivity contribution in [3.8, 4) is 0 Å². The van der Waals surface area contributed by atoms with Crippen LogP contribution < -0.4 is 0 Å². The summed E-state index contributed by atoms with van der Waals surface area (Å²) in [5.74, 6) is 3.31. The molecule has 0 bridgehead atoms. The molecule has 0 amide bonds. The Balaban J connectivity index is 1.68. The molecular weight excluding hydrogens is 168 g/mol. The van der Waals surface area contributed by atoms with Crippen LogP contribution in [0.3, 0.4) is 0 Å². The molecule has 2 aliphatic carbocycles. The molecule has 0 aromatic rings. The van der Waals surface area contributed by atoms with Crippen LogP contribution in [-0.4, -0.2) is 0 Å². The maximum Gasteiger partial charge on any atom is -0.0412 e. The number of hydrogen-bond acceptors (Lipinski definition) is 0. The molecule has 2 saturated carbocycles. The average Bonchev–Trinajstić information content (AvgIpc) is 2.61. The summed E-state index contributed by atoms with van der Waals surface area (Å²) in [6.07, 6.45) is 15.3. The molecule has 1 atom stereocenters. The molecule has 0 heterocycles. The monoisotopic (exact) mass is 194 g/mol. The fourth-order valence-corrected chi connectivity index (χ4v) is 3.35. The minimum atomic E-state index is 1.07. The highest BCUT2D eigenvalue weighted by Crippen LogP contribution is 2.38. The van der Waals surface area contributed by atoms with Crippen LogP contribution in [0.4, 0.5) is 0 Å². The van der Waals surface area contributed by atoms with Crippen molar-refractivity contribution in [2.45, 2.75) is 71.1 Å². The summed E-state index contributed by atoms with van der Waals surface area (Å²) in [6, 6.07) is 0. The Bertz CT molecular complexity index is 151. The van der Waals surface area contributed by atoms with E-state index in [4.69, 9.17) is 0 Å². The number of hydrogen-bond donors (Lipinski definition) is 0. The molecule has 2 fully saturated rings. The van der Waals surface area contributed by atoms with Gasteiger partial charge in [0.2, 0.25) is 0 Å². The van der Waals surface area contributed by atoms with Crippen LogP contribution in [0.2, 0.25) is 0 Å². The van der Waals surface area contributed by atoms with Crippen molar-refractivity contribution in [2.24, 2.45) is 17.8 Å². The van der Waals surface area contributed by atoms with E-state index in [0.29, 0.717) is 0 Å². The molecular formula is C14H26. The van der Waals surface area contributed by atoms with Crippen LogP contribution in [-0.2, 0) is 0 Å². The largest absolute Gasteiger partial charge is 0.0651 e. The van der Waals surface area contributed by atoms with E-state index in [1.54, 1.807) is 38.5 Å². The summed E-state index contributed by atoms with van der Waals surface area (Å²) >= 11 is 0. The van der Waals surface area contributed by atoms with Gasteiger partial charge >= 0.3 is 0 Å². The first kappa shape index (κ1) is 10.5. The van der Waals surface area contributed by atoms with Gasteiger partial charge in [0, 0.05) is 0 Å². The van der Waals surface area contributed by atoms with Gasteiger partial charge in [-0.1, -0.05) is 58.3 Å². The second-order valence-electron chi connectivity index (χ2n) is 5.69. The quantitative estimate of drug-likeness (QED) is 0.590. The van der Waals surface area contributed by atoms with Gasteiger partial charge in [0.1, 0.15) is 0 Å². The average molecular weight is 194 g/mol. The van der Waals surface area contributed by atoms with Crippen molar-refractivity contribution in [1.29, 1.82) is 0 Å². The highest BCUT2D eigenvalue weighted by Gasteiger charge is 2.24. The lowest BCUT2D eigenvalue weighted by molar-refractivity contribution is 0.221. The standard InChI is InChI=1S/C14H26/c1-2-12(11-14-8-5-9-14)10-13-6-3-4-7-13/h12-14H,2-11H2,1H3. The fraction of sp³-hybridized carbons (Fsp3) is 1.00. The van der Waals surface area contributed by atoms with Crippen molar-refractivity contribution in [3.63, 3.8) is 0 Å². The third-order valence-corrected chi connectivity index (χ3v) is 4.61. The summed E-state index contributed by atoms with van der Waals surface area (Å²) in [5, 5.41) is 0. The summed E-state index contributed by atoms with van der Waals surface area (Å²) < 4.78 is 0.